The molecule has 0 aromatic heterocycles. The Bertz CT molecular complexity index is 629. The highest BCUT2D eigenvalue weighted by molar-refractivity contribution is 5.93. The van der Waals surface area contributed by atoms with Crippen LogP contribution in [0.2, 0.25) is 0 Å². The van der Waals surface area contributed by atoms with Crippen LogP contribution in [0.15, 0.2) is 24.3 Å². The number of aliphatic hydroxyl groups is 2. The number of nitrogens with one attached hydrogen (secondary N) is 1. The van der Waals surface area contributed by atoms with Crippen molar-refractivity contribution in [3.05, 3.63) is 29.8 Å². The Morgan fingerprint density at radius 1 is 1.24 bits per heavy atom. The van der Waals surface area contributed by atoms with E-state index in [0.717, 1.165) is 0 Å². The van der Waals surface area contributed by atoms with Gasteiger partial charge in [-0.25, -0.2) is 4.79 Å². The first-order valence-corrected chi connectivity index (χ1v) is 7.88. The average Bonchev–Trinajstić information content (AvgIpc) is 2.57. The van der Waals surface area contributed by atoms with Crippen LogP contribution in [-0.4, -0.2) is 44.9 Å². The van der Waals surface area contributed by atoms with Gasteiger partial charge < -0.3 is 25.4 Å². The molecule has 4 N–H and O–H groups in total. The first kappa shape index (κ1) is 20.6. The van der Waals surface area contributed by atoms with Gasteiger partial charge in [0.15, 0.2) is 5.60 Å². The Hall–Kier alpha value is -2.45. The fraction of sp³-hybridized carbons (Fsp3) is 0.471. The van der Waals surface area contributed by atoms with Crippen molar-refractivity contribution >= 4 is 23.5 Å². The summed E-state index contributed by atoms with van der Waals surface area (Å²) >= 11 is 0. The normalized spacial score (nSPS) is 14.2. The molecular formula is C17H23NO7. The molecule has 0 aliphatic carbocycles. The molecule has 1 aromatic carbocycles. The third-order valence-corrected chi connectivity index (χ3v) is 3.80. The van der Waals surface area contributed by atoms with Crippen molar-refractivity contribution in [2.75, 3.05) is 5.32 Å². The maximum absolute atomic E-state index is 12.0. The van der Waals surface area contributed by atoms with E-state index in [-0.39, 0.29) is 25.9 Å². The van der Waals surface area contributed by atoms with Gasteiger partial charge in [0.2, 0.25) is 5.91 Å². The Balaban J connectivity index is 2.76. The molecule has 1 rings (SSSR count). The van der Waals surface area contributed by atoms with Crippen LogP contribution >= 0.6 is 0 Å². The van der Waals surface area contributed by atoms with Gasteiger partial charge in [0.25, 0.3) is 0 Å². The molecule has 25 heavy (non-hydrogen) atoms. The summed E-state index contributed by atoms with van der Waals surface area (Å²) in [6.07, 6.45) is -1.78. The van der Waals surface area contributed by atoms with E-state index in [1.54, 1.807) is 31.2 Å². The van der Waals surface area contributed by atoms with Gasteiger partial charge in [-0.1, -0.05) is 25.1 Å². The molecule has 0 radical (unpaired) electrons. The van der Waals surface area contributed by atoms with Gasteiger partial charge in [0.1, 0.15) is 6.61 Å². The van der Waals surface area contributed by atoms with Crippen LogP contribution < -0.4 is 5.32 Å². The fourth-order valence-electron chi connectivity index (χ4n) is 2.08. The van der Waals surface area contributed by atoms with Crippen molar-refractivity contribution in [1.29, 1.82) is 0 Å². The van der Waals surface area contributed by atoms with Gasteiger partial charge in [0, 0.05) is 17.7 Å². The summed E-state index contributed by atoms with van der Waals surface area (Å²) in [5.41, 5.74) is -1.15. The van der Waals surface area contributed by atoms with E-state index < -0.39 is 29.6 Å². The number of aliphatic hydroxyl groups excluding tert-OH is 1. The number of carbonyl (C=O) groups is 3. The van der Waals surface area contributed by atoms with Crippen molar-refractivity contribution in [3.8, 4) is 0 Å². The monoisotopic (exact) mass is 353 g/mol. The molecular weight excluding hydrogens is 330 g/mol. The van der Waals surface area contributed by atoms with Crippen LogP contribution in [0, 0.1) is 0 Å². The quantitative estimate of drug-likeness (QED) is 0.488. The number of anilines is 1. The maximum Gasteiger partial charge on any atom is 0.341 e. The lowest BCUT2D eigenvalue weighted by Crippen LogP contribution is -2.48. The molecule has 8 nitrogen and oxygen atoms in total. The van der Waals surface area contributed by atoms with Crippen molar-refractivity contribution in [3.63, 3.8) is 0 Å². The van der Waals surface area contributed by atoms with Crippen molar-refractivity contribution in [1.82, 2.24) is 0 Å². The predicted molar refractivity (Wildman–Crippen MR) is 88.7 cm³/mol. The Labute approximate surface area is 145 Å². The first-order valence-electron chi connectivity index (χ1n) is 7.88. The number of esters is 1. The number of carboxylic acid groups (broad SMARTS) is 1. The number of carbonyl (C=O) groups excluding carboxylic acids is 2. The second-order valence-corrected chi connectivity index (χ2v) is 5.63. The van der Waals surface area contributed by atoms with Crippen molar-refractivity contribution < 1.29 is 34.4 Å². The number of amides is 1. The molecule has 2 atom stereocenters. The van der Waals surface area contributed by atoms with Crippen LogP contribution in [0.4, 0.5) is 5.69 Å². The highest BCUT2D eigenvalue weighted by Crippen LogP contribution is 2.21. The lowest BCUT2D eigenvalue weighted by molar-refractivity contribution is -0.178. The SMILES string of the molecule is CC[C@](O)(C(=O)OCc1ccccc1NC(=O)CCC(=O)O)[C@@H](C)O. The highest BCUT2D eigenvalue weighted by Gasteiger charge is 2.40. The molecule has 1 aromatic rings. The number of aliphatic carboxylic acids is 1. The molecule has 138 valence electrons. The predicted octanol–water partition coefficient (Wildman–Crippen LogP) is 1.05. The number of hydrogen-bond donors (Lipinski definition) is 4. The van der Waals surface area contributed by atoms with Gasteiger partial charge in [-0.05, 0) is 19.4 Å². The topological polar surface area (TPSA) is 133 Å². The number of rotatable bonds is 9. The lowest BCUT2D eigenvalue weighted by Gasteiger charge is -2.27. The molecule has 0 saturated heterocycles. The molecule has 0 spiro atoms. The van der Waals surface area contributed by atoms with E-state index in [2.05, 4.69) is 5.32 Å². The minimum absolute atomic E-state index is 0.0168. The number of benzene rings is 1. The van der Waals surface area contributed by atoms with E-state index in [4.69, 9.17) is 9.84 Å². The number of ether oxygens (including phenoxy) is 1. The minimum atomic E-state index is -2.00. The van der Waals surface area contributed by atoms with Gasteiger partial charge in [-0.15, -0.1) is 0 Å². The summed E-state index contributed by atoms with van der Waals surface area (Å²) in [5.74, 6) is -2.51. The summed E-state index contributed by atoms with van der Waals surface area (Å²) in [5, 5.41) is 30.8. The summed E-state index contributed by atoms with van der Waals surface area (Å²) in [4.78, 5) is 34.3. The summed E-state index contributed by atoms with van der Waals surface area (Å²) < 4.78 is 5.07. The third kappa shape index (κ3) is 5.84. The van der Waals surface area contributed by atoms with Crippen LogP contribution in [0.5, 0.6) is 0 Å². The number of para-hydroxylation sites is 1. The van der Waals surface area contributed by atoms with E-state index in [1.807, 2.05) is 0 Å². The minimum Gasteiger partial charge on any atom is -0.481 e. The van der Waals surface area contributed by atoms with Gasteiger partial charge >= 0.3 is 11.9 Å². The highest BCUT2D eigenvalue weighted by atomic mass is 16.6. The Morgan fingerprint density at radius 2 is 1.88 bits per heavy atom. The average molecular weight is 353 g/mol. The van der Waals surface area contributed by atoms with Crippen molar-refractivity contribution in [2.24, 2.45) is 0 Å². The van der Waals surface area contributed by atoms with Crippen LogP contribution in [0.3, 0.4) is 0 Å². The van der Waals surface area contributed by atoms with Gasteiger partial charge in [0.05, 0.1) is 12.5 Å². The van der Waals surface area contributed by atoms with Crippen LogP contribution in [-0.2, 0) is 25.7 Å². The largest absolute Gasteiger partial charge is 0.481 e. The Morgan fingerprint density at radius 3 is 2.44 bits per heavy atom. The molecule has 0 fully saturated rings. The summed E-state index contributed by atoms with van der Waals surface area (Å²) in [7, 11) is 0. The molecule has 1 amide bonds. The maximum atomic E-state index is 12.0. The second-order valence-electron chi connectivity index (χ2n) is 5.63. The van der Waals surface area contributed by atoms with Crippen LogP contribution in [0.25, 0.3) is 0 Å². The molecule has 0 heterocycles. The van der Waals surface area contributed by atoms with Crippen molar-refractivity contribution in [2.45, 2.75) is 51.4 Å². The molecule has 0 saturated carbocycles. The first-order chi connectivity index (χ1) is 11.7. The van der Waals surface area contributed by atoms with Gasteiger partial charge in [-0.3, -0.25) is 9.59 Å². The zero-order valence-electron chi connectivity index (χ0n) is 14.2. The molecule has 0 aliphatic heterocycles. The van der Waals surface area contributed by atoms with E-state index in [0.29, 0.717) is 11.3 Å². The second kappa shape index (κ2) is 9.14. The fourth-order valence-corrected chi connectivity index (χ4v) is 2.08. The number of hydrogen-bond acceptors (Lipinski definition) is 6. The van der Waals surface area contributed by atoms with E-state index in [9.17, 15) is 24.6 Å². The summed E-state index contributed by atoms with van der Waals surface area (Å²) in [6, 6.07) is 6.54. The van der Waals surface area contributed by atoms with Crippen LogP contribution in [0.1, 0.15) is 38.7 Å². The lowest BCUT2D eigenvalue weighted by atomic mass is 9.95. The molecule has 0 unspecified atom stereocenters. The van der Waals surface area contributed by atoms with E-state index in [1.165, 1.54) is 6.92 Å². The zero-order chi connectivity index (χ0) is 19.0. The zero-order valence-corrected chi connectivity index (χ0v) is 14.2. The smallest absolute Gasteiger partial charge is 0.341 e. The Kier molecular flexibility index (Phi) is 7.53. The number of carboxylic acids is 1. The molecule has 0 bridgehead atoms. The molecule has 8 heteroatoms. The third-order valence-electron chi connectivity index (χ3n) is 3.80. The van der Waals surface area contributed by atoms with Gasteiger partial charge in [-0.2, -0.15) is 0 Å². The summed E-state index contributed by atoms with van der Waals surface area (Å²) in [6.45, 7) is 2.62. The standard InChI is InChI=1S/C17H23NO7/c1-3-17(24,11(2)19)16(23)25-10-12-6-4-5-7-13(12)18-14(20)8-9-15(21)22/h4-7,11,19,24H,3,8-10H2,1-2H3,(H,18,20)(H,21,22)/t11-,17-/m1/s1. The molecule has 0 aliphatic rings. The van der Waals surface area contributed by atoms with E-state index >= 15 is 0 Å².